The molecule has 0 radical (unpaired) electrons. The third-order valence-corrected chi connectivity index (χ3v) is 2.98. The van der Waals surface area contributed by atoms with Crippen LogP contribution in [0.2, 0.25) is 5.02 Å². The lowest BCUT2D eigenvalue weighted by atomic mass is 10.1. The Kier molecular flexibility index (Phi) is 4.37. The van der Waals surface area contributed by atoms with Gasteiger partial charge in [0.15, 0.2) is 17.5 Å². The maximum atomic E-state index is 13.5. The summed E-state index contributed by atoms with van der Waals surface area (Å²) >= 11 is 5.88. The van der Waals surface area contributed by atoms with Crippen LogP contribution in [0, 0.1) is 17.5 Å². The highest BCUT2D eigenvalue weighted by molar-refractivity contribution is 6.32. The van der Waals surface area contributed by atoms with E-state index >= 15 is 0 Å². The number of hydrogen-bond donors (Lipinski definition) is 1. The number of anilines is 1. The summed E-state index contributed by atoms with van der Waals surface area (Å²) in [5.41, 5.74) is -0.351. The molecule has 2 aromatic carbocycles. The summed E-state index contributed by atoms with van der Waals surface area (Å²) in [5, 5.41) is 2.57. The van der Waals surface area contributed by atoms with Crippen molar-refractivity contribution in [1.82, 2.24) is 0 Å². The van der Waals surface area contributed by atoms with Crippen LogP contribution in [0.3, 0.4) is 0 Å². The number of halogens is 4. The molecule has 3 nitrogen and oxygen atoms in total. The summed E-state index contributed by atoms with van der Waals surface area (Å²) in [6, 6.07) is 5.89. The van der Waals surface area contributed by atoms with Gasteiger partial charge in [-0.2, -0.15) is 0 Å². The first-order valence-corrected chi connectivity index (χ1v) is 6.10. The van der Waals surface area contributed by atoms with E-state index in [0.29, 0.717) is 11.8 Å². The molecule has 0 aliphatic heterocycles. The molecule has 1 amide bonds. The van der Waals surface area contributed by atoms with Crippen LogP contribution in [-0.4, -0.2) is 13.0 Å². The van der Waals surface area contributed by atoms with E-state index in [9.17, 15) is 18.0 Å². The first-order valence-electron chi connectivity index (χ1n) is 5.72. The molecule has 21 heavy (non-hydrogen) atoms. The quantitative estimate of drug-likeness (QED) is 0.869. The molecule has 0 saturated carbocycles. The number of benzene rings is 2. The summed E-state index contributed by atoms with van der Waals surface area (Å²) in [5.74, 6) is -5.14. The van der Waals surface area contributed by atoms with Gasteiger partial charge in [-0.15, -0.1) is 0 Å². The minimum atomic E-state index is -1.70. The predicted octanol–water partition coefficient (Wildman–Crippen LogP) is 4.02. The highest BCUT2D eigenvalue weighted by Crippen LogP contribution is 2.27. The average molecular weight is 316 g/mol. The highest BCUT2D eigenvalue weighted by atomic mass is 35.5. The SMILES string of the molecule is COc1ccc(NC(=O)c2ccc(F)c(F)c2F)cc1Cl. The van der Waals surface area contributed by atoms with Gasteiger partial charge in [0, 0.05) is 5.69 Å². The molecule has 110 valence electrons. The maximum absolute atomic E-state index is 13.5. The number of ether oxygens (including phenoxy) is 1. The van der Waals surface area contributed by atoms with E-state index in [2.05, 4.69) is 5.32 Å². The van der Waals surface area contributed by atoms with Crippen LogP contribution in [0.4, 0.5) is 18.9 Å². The van der Waals surface area contributed by atoms with Gasteiger partial charge >= 0.3 is 0 Å². The van der Waals surface area contributed by atoms with Crippen LogP contribution in [0.15, 0.2) is 30.3 Å². The Morgan fingerprint density at radius 3 is 2.48 bits per heavy atom. The first-order chi connectivity index (χ1) is 9.93. The molecule has 0 bridgehead atoms. The van der Waals surface area contributed by atoms with Crippen LogP contribution in [0.5, 0.6) is 5.75 Å². The van der Waals surface area contributed by atoms with Crippen molar-refractivity contribution in [3.63, 3.8) is 0 Å². The van der Waals surface area contributed by atoms with Crippen molar-refractivity contribution in [2.24, 2.45) is 0 Å². The predicted molar refractivity (Wildman–Crippen MR) is 72.3 cm³/mol. The van der Waals surface area contributed by atoms with Crippen LogP contribution in [-0.2, 0) is 0 Å². The third-order valence-electron chi connectivity index (χ3n) is 2.69. The topological polar surface area (TPSA) is 38.3 Å². The maximum Gasteiger partial charge on any atom is 0.258 e. The molecule has 2 rings (SSSR count). The van der Waals surface area contributed by atoms with E-state index < -0.39 is 28.9 Å². The molecule has 0 aliphatic rings. The van der Waals surface area contributed by atoms with Crippen molar-refractivity contribution >= 4 is 23.2 Å². The van der Waals surface area contributed by atoms with Gasteiger partial charge in [-0.25, -0.2) is 13.2 Å². The summed E-state index contributed by atoms with van der Waals surface area (Å²) in [7, 11) is 1.43. The van der Waals surface area contributed by atoms with E-state index in [-0.39, 0.29) is 10.7 Å². The average Bonchev–Trinajstić information content (AvgIpc) is 2.45. The monoisotopic (exact) mass is 315 g/mol. The smallest absolute Gasteiger partial charge is 0.258 e. The van der Waals surface area contributed by atoms with Gasteiger partial charge in [-0.1, -0.05) is 11.6 Å². The van der Waals surface area contributed by atoms with Crippen molar-refractivity contribution in [3.05, 3.63) is 58.4 Å². The molecular weight excluding hydrogens is 307 g/mol. The fraction of sp³-hybridized carbons (Fsp3) is 0.0714. The fourth-order valence-corrected chi connectivity index (χ4v) is 1.90. The summed E-state index contributed by atoms with van der Waals surface area (Å²) in [4.78, 5) is 11.8. The number of rotatable bonds is 3. The van der Waals surface area contributed by atoms with Crippen LogP contribution in [0.1, 0.15) is 10.4 Å². The van der Waals surface area contributed by atoms with Gasteiger partial charge < -0.3 is 10.1 Å². The molecule has 0 fully saturated rings. The highest BCUT2D eigenvalue weighted by Gasteiger charge is 2.19. The Balaban J connectivity index is 2.26. The molecule has 0 atom stereocenters. The van der Waals surface area contributed by atoms with Crippen molar-refractivity contribution < 1.29 is 22.7 Å². The summed E-state index contributed by atoms with van der Waals surface area (Å²) in [6.45, 7) is 0. The Labute approximate surface area is 123 Å². The zero-order valence-corrected chi connectivity index (χ0v) is 11.5. The van der Waals surface area contributed by atoms with Gasteiger partial charge in [0.2, 0.25) is 0 Å². The van der Waals surface area contributed by atoms with E-state index in [1.54, 1.807) is 0 Å². The number of nitrogens with one attached hydrogen (secondary N) is 1. The first kappa shape index (κ1) is 15.2. The minimum absolute atomic E-state index is 0.237. The second-order valence-electron chi connectivity index (χ2n) is 4.03. The van der Waals surface area contributed by atoms with Crippen molar-refractivity contribution in [1.29, 1.82) is 0 Å². The number of hydrogen-bond acceptors (Lipinski definition) is 2. The van der Waals surface area contributed by atoms with Gasteiger partial charge in [0.1, 0.15) is 5.75 Å². The molecular formula is C14H9ClF3NO2. The van der Waals surface area contributed by atoms with E-state index in [1.165, 1.54) is 25.3 Å². The number of methoxy groups -OCH3 is 1. The lowest BCUT2D eigenvalue weighted by Gasteiger charge is -2.09. The Morgan fingerprint density at radius 2 is 1.86 bits per heavy atom. The second kappa shape index (κ2) is 6.05. The van der Waals surface area contributed by atoms with Crippen molar-refractivity contribution in [2.45, 2.75) is 0 Å². The molecule has 1 N–H and O–H groups in total. The zero-order valence-electron chi connectivity index (χ0n) is 10.7. The molecule has 7 heteroatoms. The lowest BCUT2D eigenvalue weighted by Crippen LogP contribution is -2.15. The normalized spacial score (nSPS) is 10.3. The molecule has 0 aromatic heterocycles. The Hall–Kier alpha value is -2.21. The van der Waals surface area contributed by atoms with Gasteiger partial charge in [0.25, 0.3) is 5.91 Å². The van der Waals surface area contributed by atoms with Crippen LogP contribution in [0.25, 0.3) is 0 Å². The van der Waals surface area contributed by atoms with Crippen LogP contribution < -0.4 is 10.1 Å². The summed E-state index contributed by atoms with van der Waals surface area (Å²) in [6.07, 6.45) is 0. The van der Waals surface area contributed by atoms with Gasteiger partial charge in [-0.05, 0) is 30.3 Å². The van der Waals surface area contributed by atoms with Crippen molar-refractivity contribution in [3.8, 4) is 5.75 Å². The molecule has 2 aromatic rings. The molecule has 0 saturated heterocycles. The number of carbonyl (C=O) groups excluding carboxylic acids is 1. The van der Waals surface area contributed by atoms with Crippen LogP contribution >= 0.6 is 11.6 Å². The summed E-state index contributed by atoms with van der Waals surface area (Å²) < 4.78 is 44.3. The fourth-order valence-electron chi connectivity index (χ4n) is 1.64. The second-order valence-corrected chi connectivity index (χ2v) is 4.43. The van der Waals surface area contributed by atoms with E-state index in [1.807, 2.05) is 0 Å². The minimum Gasteiger partial charge on any atom is -0.495 e. The lowest BCUT2D eigenvalue weighted by molar-refractivity contribution is 0.102. The largest absolute Gasteiger partial charge is 0.495 e. The van der Waals surface area contributed by atoms with E-state index in [4.69, 9.17) is 16.3 Å². The molecule has 0 aliphatic carbocycles. The molecule has 0 spiro atoms. The Morgan fingerprint density at radius 1 is 1.14 bits per heavy atom. The number of amides is 1. The zero-order chi connectivity index (χ0) is 15.6. The van der Waals surface area contributed by atoms with Crippen molar-refractivity contribution in [2.75, 3.05) is 12.4 Å². The standard InChI is InChI=1S/C14H9ClF3NO2/c1-21-11-5-2-7(6-9(11)15)19-14(20)8-3-4-10(16)13(18)12(8)17/h2-6H,1H3,(H,19,20). The molecule has 0 heterocycles. The number of carbonyl (C=O) groups is 1. The van der Waals surface area contributed by atoms with Gasteiger partial charge in [0.05, 0.1) is 17.7 Å². The third kappa shape index (κ3) is 3.11. The van der Waals surface area contributed by atoms with E-state index in [0.717, 1.165) is 6.07 Å². The molecule has 0 unspecified atom stereocenters. The Bertz CT molecular complexity index is 707. The van der Waals surface area contributed by atoms with Gasteiger partial charge in [-0.3, -0.25) is 4.79 Å².